The van der Waals surface area contributed by atoms with Crippen LogP contribution < -0.4 is 0 Å². The minimum atomic E-state index is 0.906. The molecule has 16 aromatic carbocycles. The van der Waals surface area contributed by atoms with Crippen molar-refractivity contribution in [2.45, 2.75) is 0 Å². The fourth-order valence-corrected chi connectivity index (χ4v) is 16.4. The van der Waals surface area contributed by atoms with Crippen molar-refractivity contribution >= 4 is 131 Å². The minimum Gasteiger partial charge on any atom is -0.456 e. The summed E-state index contributed by atoms with van der Waals surface area (Å²) in [7, 11) is 0. The second kappa shape index (κ2) is 23.0. The molecule has 102 heavy (non-hydrogen) atoms. The van der Waals surface area contributed by atoms with E-state index >= 15 is 0 Å². The number of fused-ring (bicyclic) bond motifs is 18. The normalized spacial score (nSPS) is 11.9. The molecule has 6 nitrogen and oxygen atoms in total. The van der Waals surface area contributed by atoms with Gasteiger partial charge in [-0.1, -0.05) is 224 Å². The van der Waals surface area contributed by atoms with Gasteiger partial charge in [-0.3, -0.25) is 0 Å². The van der Waals surface area contributed by atoms with Gasteiger partial charge in [0.2, 0.25) is 0 Å². The Morgan fingerprint density at radius 1 is 0.157 bits per heavy atom. The first-order valence-electron chi connectivity index (χ1n) is 34.9. The molecule has 0 spiro atoms. The molecule has 0 aliphatic heterocycles. The second-order valence-corrected chi connectivity index (χ2v) is 26.7. The summed E-state index contributed by atoms with van der Waals surface area (Å²) in [6.45, 7) is 0. The maximum absolute atomic E-state index is 6.16. The van der Waals surface area contributed by atoms with E-state index in [0.29, 0.717) is 0 Å². The van der Waals surface area contributed by atoms with E-state index in [0.717, 1.165) is 60.9 Å². The summed E-state index contributed by atoms with van der Waals surface area (Å²) in [6, 6.07) is 131. The number of hydrogen-bond acceptors (Lipinski definition) is 2. The fraction of sp³-hybridized carbons (Fsp3) is 0. The van der Waals surface area contributed by atoms with Gasteiger partial charge in [0, 0.05) is 87.3 Å². The van der Waals surface area contributed by atoms with Crippen LogP contribution in [0, 0.1) is 0 Å². The first-order chi connectivity index (χ1) is 50.6. The average Bonchev–Trinajstić information content (AvgIpc) is 1.59. The minimum absolute atomic E-state index is 0.906. The quantitative estimate of drug-likeness (QED) is 0.152. The molecule has 0 amide bonds. The smallest absolute Gasteiger partial charge is 0.135 e. The average molecular weight is 1300 g/mol. The van der Waals surface area contributed by atoms with Gasteiger partial charge in [0.25, 0.3) is 0 Å². The molecule has 22 aromatic rings. The summed E-state index contributed by atoms with van der Waals surface area (Å²) in [6.07, 6.45) is 0. The Bertz CT molecular complexity index is 7120. The van der Waals surface area contributed by atoms with Gasteiger partial charge >= 0.3 is 0 Å². The molecule has 0 bridgehead atoms. The first-order valence-corrected chi connectivity index (χ1v) is 34.9. The zero-order valence-corrected chi connectivity index (χ0v) is 55.2. The molecular weight excluding hydrogens is 1240 g/mol. The summed E-state index contributed by atoms with van der Waals surface area (Å²) in [5.41, 5.74) is 27.4. The molecule has 6 heterocycles. The first kappa shape index (κ1) is 57.4. The van der Waals surface area contributed by atoms with Crippen LogP contribution in [0.2, 0.25) is 0 Å². The summed E-state index contributed by atoms with van der Waals surface area (Å²) < 4.78 is 21.9. The monoisotopic (exact) mass is 1300 g/mol. The number of benzene rings is 16. The van der Waals surface area contributed by atoms with Gasteiger partial charge in [0.05, 0.1) is 49.8 Å². The Balaban J connectivity index is 0.000000133. The molecule has 0 N–H and O–H groups in total. The summed E-state index contributed by atoms with van der Waals surface area (Å²) in [4.78, 5) is 0. The van der Waals surface area contributed by atoms with E-state index in [1.54, 1.807) is 0 Å². The number of hydrogen-bond donors (Lipinski definition) is 0. The molecule has 22 rings (SSSR count). The van der Waals surface area contributed by atoms with Crippen molar-refractivity contribution in [3.8, 4) is 67.3 Å². The van der Waals surface area contributed by atoms with E-state index in [9.17, 15) is 0 Å². The van der Waals surface area contributed by atoms with Crippen molar-refractivity contribution in [1.82, 2.24) is 18.3 Å². The number of rotatable bonds is 8. The summed E-state index contributed by atoms with van der Waals surface area (Å²) in [5, 5.41) is 14.5. The number of aromatic nitrogens is 4. The Labute approximate surface area is 585 Å². The Morgan fingerprint density at radius 2 is 0.451 bits per heavy atom. The van der Waals surface area contributed by atoms with Crippen molar-refractivity contribution < 1.29 is 8.83 Å². The highest BCUT2D eigenvalue weighted by molar-refractivity contribution is 6.16. The maximum atomic E-state index is 6.16. The van der Waals surface area contributed by atoms with E-state index in [2.05, 4.69) is 358 Å². The van der Waals surface area contributed by atoms with E-state index in [1.807, 2.05) is 24.3 Å². The largest absolute Gasteiger partial charge is 0.456 e. The molecule has 6 heteroatoms. The summed E-state index contributed by atoms with van der Waals surface area (Å²) in [5.74, 6) is 0. The second-order valence-electron chi connectivity index (χ2n) is 26.7. The zero-order valence-electron chi connectivity index (χ0n) is 55.2. The van der Waals surface area contributed by atoms with Crippen LogP contribution in [0.1, 0.15) is 0 Å². The molecule has 0 fully saturated rings. The Morgan fingerprint density at radius 3 is 0.892 bits per heavy atom. The molecule has 0 aliphatic carbocycles. The van der Waals surface area contributed by atoms with Gasteiger partial charge in [-0.2, -0.15) is 0 Å². The van der Waals surface area contributed by atoms with Crippen LogP contribution in [-0.2, 0) is 0 Å². The molecular formula is C96H60N4O2. The lowest BCUT2D eigenvalue weighted by atomic mass is 10.0. The molecule has 0 unspecified atom stereocenters. The van der Waals surface area contributed by atoms with E-state index in [4.69, 9.17) is 8.83 Å². The lowest BCUT2D eigenvalue weighted by Gasteiger charge is -2.14. The maximum Gasteiger partial charge on any atom is 0.135 e. The van der Waals surface area contributed by atoms with Crippen LogP contribution in [0.25, 0.3) is 198 Å². The van der Waals surface area contributed by atoms with Gasteiger partial charge in [-0.15, -0.1) is 0 Å². The third-order valence-corrected chi connectivity index (χ3v) is 21.1. The number of nitrogens with zero attached hydrogens (tertiary/aromatic N) is 4. The standard InChI is InChI=1S/2C48H30N2O/c1-2-12-31(13-3-1)35-14-4-8-18-42(35)50-44-20-10-6-16-37(44)40-29-33(23-26-46(40)50)32-22-25-45-39(28-32)36-15-5-9-19-43(36)49(45)34-24-27-48-41(30-34)38-17-7-11-21-47(38)51-48;1-2-10-31(11-3-1)32-18-22-35(23-19-32)49-43-15-7-4-12-37(43)40-28-33(20-25-45(40)49)34-21-26-46-41(29-34)38-13-5-8-16-44(38)50(46)36-24-27-48-42(30-36)39-14-6-9-17-47(39)51-48/h2*1-30H. The number of para-hydroxylation sites is 7. The topological polar surface area (TPSA) is 46.0 Å². The molecule has 6 aromatic heterocycles. The molecule has 0 atom stereocenters. The predicted molar refractivity (Wildman–Crippen MR) is 427 cm³/mol. The Kier molecular flexibility index (Phi) is 12.9. The van der Waals surface area contributed by atoms with Crippen molar-refractivity contribution in [2.24, 2.45) is 0 Å². The molecule has 0 saturated carbocycles. The van der Waals surface area contributed by atoms with E-state index in [1.165, 1.54) is 137 Å². The van der Waals surface area contributed by atoms with Gasteiger partial charge in [0.1, 0.15) is 22.3 Å². The van der Waals surface area contributed by atoms with Crippen LogP contribution >= 0.6 is 0 Å². The van der Waals surface area contributed by atoms with Crippen molar-refractivity contribution in [1.29, 1.82) is 0 Å². The van der Waals surface area contributed by atoms with Gasteiger partial charge in [0.15, 0.2) is 0 Å². The fourth-order valence-electron chi connectivity index (χ4n) is 16.4. The molecule has 0 radical (unpaired) electrons. The zero-order chi connectivity index (χ0) is 66.9. The Hall–Kier alpha value is -13.7. The lowest BCUT2D eigenvalue weighted by Crippen LogP contribution is -1.97. The van der Waals surface area contributed by atoms with Crippen molar-refractivity contribution in [3.63, 3.8) is 0 Å². The van der Waals surface area contributed by atoms with Crippen LogP contribution in [0.15, 0.2) is 373 Å². The van der Waals surface area contributed by atoms with Crippen LogP contribution in [-0.4, -0.2) is 18.3 Å². The van der Waals surface area contributed by atoms with Gasteiger partial charge < -0.3 is 27.1 Å². The predicted octanol–water partition coefficient (Wildman–Crippen LogP) is 26.2. The van der Waals surface area contributed by atoms with Crippen LogP contribution in [0.4, 0.5) is 0 Å². The highest BCUT2D eigenvalue weighted by Gasteiger charge is 2.22. The van der Waals surface area contributed by atoms with Crippen LogP contribution in [0.3, 0.4) is 0 Å². The third-order valence-electron chi connectivity index (χ3n) is 21.1. The molecule has 0 saturated heterocycles. The number of furan rings is 2. The summed E-state index contributed by atoms with van der Waals surface area (Å²) >= 11 is 0. The highest BCUT2D eigenvalue weighted by Crippen LogP contribution is 2.44. The molecule has 476 valence electrons. The highest BCUT2D eigenvalue weighted by atomic mass is 16.3. The third kappa shape index (κ3) is 9.06. The lowest BCUT2D eigenvalue weighted by molar-refractivity contribution is 0.668. The SMILES string of the molecule is c1ccc(-c2ccc(-n3c4ccccc4c4cc(-c5ccc6c(c5)c5ccccc5n6-c5ccc6oc7ccccc7c6c5)ccc43)cc2)cc1.c1ccc(-c2ccccc2-n2c3ccccc3c3cc(-c4ccc5c(c4)c4ccccc4n5-c4ccc5oc6ccccc6c5c4)ccc32)cc1. The van der Waals surface area contributed by atoms with Gasteiger partial charge in [-0.25, -0.2) is 0 Å². The van der Waals surface area contributed by atoms with Crippen molar-refractivity contribution in [3.05, 3.63) is 364 Å². The van der Waals surface area contributed by atoms with E-state index in [-0.39, 0.29) is 0 Å². The van der Waals surface area contributed by atoms with Crippen LogP contribution in [0.5, 0.6) is 0 Å². The van der Waals surface area contributed by atoms with Crippen molar-refractivity contribution in [2.75, 3.05) is 0 Å². The van der Waals surface area contributed by atoms with Gasteiger partial charge in [-0.05, 0) is 178 Å². The van der Waals surface area contributed by atoms with E-state index < -0.39 is 0 Å². The molecule has 0 aliphatic rings.